The van der Waals surface area contributed by atoms with Gasteiger partial charge >= 0.3 is 0 Å². The Morgan fingerprint density at radius 3 is 2.64 bits per heavy atom. The molecule has 0 bridgehead atoms. The van der Waals surface area contributed by atoms with Crippen LogP contribution in [0.15, 0.2) is 18.3 Å². The van der Waals surface area contributed by atoms with E-state index in [2.05, 4.69) is 15.2 Å². The van der Waals surface area contributed by atoms with Crippen molar-refractivity contribution in [1.29, 1.82) is 0 Å². The van der Waals surface area contributed by atoms with Crippen LogP contribution in [0.2, 0.25) is 0 Å². The van der Waals surface area contributed by atoms with Crippen molar-refractivity contribution in [3.8, 4) is 0 Å². The number of pyridine rings is 1. The number of nitrogens with zero attached hydrogens (tertiary/aromatic N) is 2. The molecule has 1 amide bonds. The van der Waals surface area contributed by atoms with E-state index >= 15 is 0 Å². The number of carbonyl (C=O) groups excluding carboxylic acids is 1. The van der Waals surface area contributed by atoms with Gasteiger partial charge in [0, 0.05) is 32.3 Å². The molecule has 1 fully saturated rings. The van der Waals surface area contributed by atoms with Gasteiger partial charge in [-0.15, -0.1) is 24.8 Å². The van der Waals surface area contributed by atoms with E-state index in [1.807, 2.05) is 12.1 Å². The van der Waals surface area contributed by atoms with Crippen LogP contribution in [0.4, 0.5) is 5.82 Å². The SMILES string of the molecule is Cl.Cl.NCCCCCCC(=O)NCc1ccnc(N2CCOCC2)c1. The number of nitrogens with one attached hydrogen (secondary N) is 1. The van der Waals surface area contributed by atoms with Gasteiger partial charge in [-0.05, 0) is 37.1 Å². The molecule has 3 N–H and O–H groups in total. The van der Waals surface area contributed by atoms with Crippen LogP contribution in [0.5, 0.6) is 0 Å². The Morgan fingerprint density at radius 1 is 1.20 bits per heavy atom. The molecule has 6 nitrogen and oxygen atoms in total. The predicted molar refractivity (Wildman–Crippen MR) is 106 cm³/mol. The number of amides is 1. The van der Waals surface area contributed by atoms with Gasteiger partial charge < -0.3 is 20.7 Å². The van der Waals surface area contributed by atoms with Crippen LogP contribution in [0.25, 0.3) is 0 Å². The van der Waals surface area contributed by atoms with Crippen molar-refractivity contribution in [2.24, 2.45) is 5.73 Å². The molecular weight excluding hydrogens is 363 g/mol. The number of ether oxygens (including phenoxy) is 1. The Hall–Kier alpha value is -1.08. The number of halogens is 2. The highest BCUT2D eigenvalue weighted by atomic mass is 35.5. The smallest absolute Gasteiger partial charge is 0.220 e. The maximum Gasteiger partial charge on any atom is 0.220 e. The molecule has 25 heavy (non-hydrogen) atoms. The third-order valence-electron chi connectivity index (χ3n) is 3.99. The van der Waals surface area contributed by atoms with Gasteiger partial charge in [0.05, 0.1) is 13.2 Å². The van der Waals surface area contributed by atoms with Crippen molar-refractivity contribution >= 4 is 36.5 Å². The van der Waals surface area contributed by atoms with Crippen LogP contribution in [-0.4, -0.2) is 43.7 Å². The van der Waals surface area contributed by atoms with Crippen LogP contribution in [0.1, 0.15) is 37.7 Å². The van der Waals surface area contributed by atoms with Gasteiger partial charge in [-0.2, -0.15) is 0 Å². The van der Waals surface area contributed by atoms with Crippen molar-refractivity contribution < 1.29 is 9.53 Å². The fourth-order valence-corrected chi connectivity index (χ4v) is 2.61. The molecule has 2 heterocycles. The number of rotatable bonds is 9. The van der Waals surface area contributed by atoms with E-state index in [-0.39, 0.29) is 30.7 Å². The summed E-state index contributed by atoms with van der Waals surface area (Å²) in [6.07, 6.45) is 6.55. The van der Waals surface area contributed by atoms with Crippen LogP contribution in [0.3, 0.4) is 0 Å². The molecule has 0 saturated carbocycles. The standard InChI is InChI=1S/C17H28N4O2.2ClH/c18-7-4-2-1-3-5-17(22)20-14-15-6-8-19-16(13-15)21-9-11-23-12-10-21;;/h6,8,13H,1-5,7,9-12,14,18H2,(H,20,22);2*1H. The van der Waals surface area contributed by atoms with Gasteiger partial charge in [-0.25, -0.2) is 4.98 Å². The molecule has 1 saturated heterocycles. The molecule has 1 aliphatic heterocycles. The summed E-state index contributed by atoms with van der Waals surface area (Å²) in [6.45, 7) is 4.51. The number of unbranched alkanes of at least 4 members (excludes halogenated alkanes) is 3. The topological polar surface area (TPSA) is 80.5 Å². The van der Waals surface area contributed by atoms with E-state index in [9.17, 15) is 4.79 Å². The van der Waals surface area contributed by atoms with Gasteiger partial charge in [0.15, 0.2) is 0 Å². The van der Waals surface area contributed by atoms with Crippen LogP contribution < -0.4 is 16.0 Å². The highest BCUT2D eigenvalue weighted by molar-refractivity contribution is 5.85. The van der Waals surface area contributed by atoms with E-state index in [1.54, 1.807) is 6.20 Å². The zero-order valence-electron chi connectivity index (χ0n) is 14.6. The number of hydrogen-bond acceptors (Lipinski definition) is 5. The minimum Gasteiger partial charge on any atom is -0.378 e. The quantitative estimate of drug-likeness (QED) is 0.630. The van der Waals surface area contributed by atoms with E-state index in [0.717, 1.165) is 69.9 Å². The molecule has 1 aromatic rings. The lowest BCUT2D eigenvalue weighted by atomic mass is 10.1. The predicted octanol–water partition coefficient (Wildman–Crippen LogP) is 2.29. The van der Waals surface area contributed by atoms with Crippen molar-refractivity contribution in [2.45, 2.75) is 38.6 Å². The number of carbonyl (C=O) groups is 1. The largest absolute Gasteiger partial charge is 0.378 e. The number of morpholine rings is 1. The van der Waals surface area contributed by atoms with E-state index in [4.69, 9.17) is 10.5 Å². The first-order valence-electron chi connectivity index (χ1n) is 8.54. The Labute approximate surface area is 162 Å². The highest BCUT2D eigenvalue weighted by Crippen LogP contribution is 2.14. The van der Waals surface area contributed by atoms with E-state index in [0.29, 0.717) is 13.0 Å². The number of hydrogen-bond donors (Lipinski definition) is 2. The van der Waals surface area contributed by atoms with Crippen LogP contribution in [-0.2, 0) is 16.1 Å². The summed E-state index contributed by atoms with van der Waals surface area (Å²) in [4.78, 5) is 18.5. The van der Waals surface area contributed by atoms with Crippen LogP contribution in [0, 0.1) is 0 Å². The van der Waals surface area contributed by atoms with Gasteiger partial charge in [-0.1, -0.05) is 12.8 Å². The average Bonchev–Trinajstić information content (AvgIpc) is 2.61. The first-order valence-corrected chi connectivity index (χ1v) is 8.54. The normalized spacial score (nSPS) is 13.6. The molecule has 1 aliphatic rings. The Bertz CT molecular complexity index is 485. The van der Waals surface area contributed by atoms with Crippen molar-refractivity contribution in [1.82, 2.24) is 10.3 Å². The van der Waals surface area contributed by atoms with Crippen molar-refractivity contribution in [3.05, 3.63) is 23.9 Å². The molecule has 144 valence electrons. The molecule has 0 atom stereocenters. The summed E-state index contributed by atoms with van der Waals surface area (Å²) >= 11 is 0. The lowest BCUT2D eigenvalue weighted by Gasteiger charge is -2.28. The highest BCUT2D eigenvalue weighted by Gasteiger charge is 2.12. The zero-order chi connectivity index (χ0) is 16.3. The van der Waals surface area contributed by atoms with E-state index in [1.165, 1.54) is 0 Å². The second-order valence-corrected chi connectivity index (χ2v) is 5.85. The first kappa shape index (κ1) is 23.9. The van der Waals surface area contributed by atoms with Crippen LogP contribution >= 0.6 is 24.8 Å². The molecule has 2 rings (SSSR count). The molecule has 0 unspecified atom stereocenters. The number of nitrogens with two attached hydrogens (primary N) is 1. The monoisotopic (exact) mass is 392 g/mol. The molecule has 0 radical (unpaired) electrons. The third-order valence-corrected chi connectivity index (χ3v) is 3.99. The summed E-state index contributed by atoms with van der Waals surface area (Å²) in [5.41, 5.74) is 6.54. The van der Waals surface area contributed by atoms with Crippen molar-refractivity contribution in [3.63, 3.8) is 0 Å². The summed E-state index contributed by atoms with van der Waals surface area (Å²) in [5, 5.41) is 2.99. The summed E-state index contributed by atoms with van der Waals surface area (Å²) < 4.78 is 5.36. The summed E-state index contributed by atoms with van der Waals surface area (Å²) in [5.74, 6) is 1.07. The molecule has 0 aliphatic carbocycles. The fraction of sp³-hybridized carbons (Fsp3) is 0.647. The lowest BCUT2D eigenvalue weighted by molar-refractivity contribution is -0.121. The maximum atomic E-state index is 11.9. The Kier molecular flexibility index (Phi) is 13.5. The average molecular weight is 393 g/mol. The Morgan fingerprint density at radius 2 is 1.92 bits per heavy atom. The van der Waals surface area contributed by atoms with E-state index < -0.39 is 0 Å². The Balaban J connectivity index is 0.00000288. The summed E-state index contributed by atoms with van der Waals surface area (Å²) in [6, 6.07) is 4.00. The van der Waals surface area contributed by atoms with Gasteiger partial charge in [0.1, 0.15) is 5.82 Å². The minimum atomic E-state index is 0. The zero-order valence-corrected chi connectivity index (χ0v) is 16.2. The molecular formula is C17H30Cl2N4O2. The first-order chi connectivity index (χ1) is 11.3. The fourth-order valence-electron chi connectivity index (χ4n) is 2.61. The lowest BCUT2D eigenvalue weighted by Crippen LogP contribution is -2.36. The van der Waals surface area contributed by atoms with Gasteiger partial charge in [-0.3, -0.25) is 4.79 Å². The van der Waals surface area contributed by atoms with Gasteiger partial charge in [0.25, 0.3) is 0 Å². The minimum absolute atomic E-state index is 0. The molecule has 0 aromatic carbocycles. The molecule has 8 heteroatoms. The summed E-state index contributed by atoms with van der Waals surface area (Å²) in [7, 11) is 0. The maximum absolute atomic E-state index is 11.9. The second kappa shape index (κ2) is 14.1. The van der Waals surface area contributed by atoms with Gasteiger partial charge in [0.2, 0.25) is 5.91 Å². The van der Waals surface area contributed by atoms with Crippen molar-refractivity contribution in [2.75, 3.05) is 37.7 Å². The third kappa shape index (κ3) is 9.26. The second-order valence-electron chi connectivity index (χ2n) is 5.85. The number of aromatic nitrogens is 1. The molecule has 0 spiro atoms. The molecule has 1 aromatic heterocycles. The number of anilines is 1.